The van der Waals surface area contributed by atoms with Crippen LogP contribution in [0.1, 0.15) is 41.8 Å². The number of nitrogens with one attached hydrogen (secondary N) is 2. The highest BCUT2D eigenvalue weighted by atomic mass is 16.2. The van der Waals surface area contributed by atoms with Crippen molar-refractivity contribution in [2.24, 2.45) is 5.92 Å². The van der Waals surface area contributed by atoms with Crippen LogP contribution in [0.2, 0.25) is 0 Å². The Morgan fingerprint density at radius 1 is 1.10 bits per heavy atom. The molecule has 0 spiro atoms. The summed E-state index contributed by atoms with van der Waals surface area (Å²) in [5, 5.41) is 5.94. The number of nitrogens with zero attached hydrogens (tertiary/aromatic N) is 1. The lowest BCUT2D eigenvalue weighted by Crippen LogP contribution is -2.48. The minimum atomic E-state index is -0.533. The Kier molecular flexibility index (Phi) is 6.91. The molecule has 2 aromatic rings. The Hall–Kier alpha value is -2.82. The van der Waals surface area contributed by atoms with Gasteiger partial charge in [0.1, 0.15) is 6.04 Å². The summed E-state index contributed by atoms with van der Waals surface area (Å²) >= 11 is 0. The summed E-state index contributed by atoms with van der Waals surface area (Å²) in [5.74, 6) is -0.0239. The highest BCUT2D eigenvalue weighted by molar-refractivity contribution is 5.97. The van der Waals surface area contributed by atoms with Crippen molar-refractivity contribution in [3.8, 4) is 0 Å². The van der Waals surface area contributed by atoms with Crippen molar-refractivity contribution in [2.75, 3.05) is 24.5 Å². The van der Waals surface area contributed by atoms with Crippen molar-refractivity contribution in [2.45, 2.75) is 39.7 Å². The van der Waals surface area contributed by atoms with E-state index in [0.717, 1.165) is 25.1 Å². The van der Waals surface area contributed by atoms with Crippen LogP contribution in [-0.2, 0) is 11.2 Å². The molecule has 0 aliphatic carbocycles. The van der Waals surface area contributed by atoms with E-state index in [1.165, 1.54) is 11.3 Å². The summed E-state index contributed by atoms with van der Waals surface area (Å²) < 4.78 is 0. The Bertz CT molecular complexity index is 863. The largest absolute Gasteiger partial charge is 0.369 e. The van der Waals surface area contributed by atoms with E-state index >= 15 is 0 Å². The predicted octanol–water partition coefficient (Wildman–Crippen LogP) is 3.32. The highest BCUT2D eigenvalue weighted by Gasteiger charge is 2.23. The molecule has 0 saturated heterocycles. The number of carbonyl (C=O) groups is 2. The number of fused-ring (bicyclic) bond motifs is 1. The number of rotatable bonds is 8. The number of benzene rings is 2. The van der Waals surface area contributed by atoms with Crippen LogP contribution in [0.4, 0.5) is 5.69 Å². The molecule has 0 fully saturated rings. The van der Waals surface area contributed by atoms with E-state index in [1.54, 1.807) is 6.07 Å². The number of para-hydroxylation sites is 1. The molecule has 1 aliphatic rings. The molecule has 154 valence electrons. The van der Waals surface area contributed by atoms with Gasteiger partial charge in [-0.25, -0.2) is 0 Å². The number of aryl methyl sites for hydroxylation is 1. The summed E-state index contributed by atoms with van der Waals surface area (Å²) in [6.45, 7) is 8.37. The first kappa shape index (κ1) is 20.9. The van der Waals surface area contributed by atoms with Crippen LogP contribution in [0, 0.1) is 12.8 Å². The minimum Gasteiger partial charge on any atom is -0.369 e. The van der Waals surface area contributed by atoms with E-state index < -0.39 is 6.04 Å². The molecule has 0 bridgehead atoms. The molecule has 2 amide bonds. The normalized spacial score (nSPS) is 13.9. The number of anilines is 1. The van der Waals surface area contributed by atoms with E-state index in [9.17, 15) is 9.59 Å². The fourth-order valence-electron chi connectivity index (χ4n) is 3.81. The van der Waals surface area contributed by atoms with Gasteiger partial charge in [0, 0.05) is 30.9 Å². The van der Waals surface area contributed by atoms with Gasteiger partial charge in [-0.1, -0.05) is 49.7 Å². The Morgan fingerprint density at radius 3 is 2.66 bits per heavy atom. The van der Waals surface area contributed by atoms with Crippen molar-refractivity contribution in [1.82, 2.24) is 10.6 Å². The Morgan fingerprint density at radius 2 is 1.90 bits per heavy atom. The van der Waals surface area contributed by atoms with Gasteiger partial charge in [0.05, 0.1) is 0 Å². The summed E-state index contributed by atoms with van der Waals surface area (Å²) in [6.07, 6.45) is 1.66. The monoisotopic (exact) mass is 393 g/mol. The number of carbonyl (C=O) groups excluding carboxylic acids is 2. The molecule has 3 rings (SSSR count). The molecule has 0 unspecified atom stereocenters. The molecule has 2 N–H and O–H groups in total. The highest BCUT2D eigenvalue weighted by Crippen LogP contribution is 2.26. The zero-order chi connectivity index (χ0) is 20.8. The zero-order valence-corrected chi connectivity index (χ0v) is 17.6. The first-order valence-corrected chi connectivity index (χ1v) is 10.4. The summed E-state index contributed by atoms with van der Waals surface area (Å²) in [7, 11) is 0. The van der Waals surface area contributed by atoms with Crippen LogP contribution in [0.25, 0.3) is 0 Å². The number of amides is 2. The van der Waals surface area contributed by atoms with Crippen molar-refractivity contribution < 1.29 is 9.59 Å². The lowest BCUT2D eigenvalue weighted by atomic mass is 10.0. The second-order valence-electron chi connectivity index (χ2n) is 8.18. The van der Waals surface area contributed by atoms with Crippen LogP contribution in [0.5, 0.6) is 0 Å². The molecular weight excluding hydrogens is 362 g/mol. The summed E-state index contributed by atoms with van der Waals surface area (Å²) in [4.78, 5) is 27.7. The van der Waals surface area contributed by atoms with E-state index in [1.807, 2.05) is 25.1 Å². The molecule has 5 heteroatoms. The van der Waals surface area contributed by atoms with Gasteiger partial charge in [-0.05, 0) is 49.4 Å². The maximum absolute atomic E-state index is 12.8. The first-order valence-electron chi connectivity index (χ1n) is 10.4. The summed E-state index contributed by atoms with van der Waals surface area (Å²) in [5.41, 5.74) is 4.23. The van der Waals surface area contributed by atoms with E-state index in [2.05, 4.69) is 53.6 Å². The molecule has 0 saturated carbocycles. The second kappa shape index (κ2) is 9.59. The van der Waals surface area contributed by atoms with Crippen molar-refractivity contribution in [3.05, 3.63) is 65.2 Å². The molecule has 1 aliphatic heterocycles. The van der Waals surface area contributed by atoms with Gasteiger partial charge >= 0.3 is 0 Å². The van der Waals surface area contributed by atoms with Gasteiger partial charge in [-0.2, -0.15) is 0 Å². The van der Waals surface area contributed by atoms with Crippen molar-refractivity contribution in [3.63, 3.8) is 0 Å². The average Bonchev–Trinajstić information content (AvgIpc) is 3.10. The summed E-state index contributed by atoms with van der Waals surface area (Å²) in [6, 6.07) is 15.3. The van der Waals surface area contributed by atoms with E-state index in [-0.39, 0.29) is 11.8 Å². The fraction of sp³-hybridized carbons (Fsp3) is 0.417. The van der Waals surface area contributed by atoms with Gasteiger partial charge in [0.2, 0.25) is 5.91 Å². The quantitative estimate of drug-likeness (QED) is 0.723. The van der Waals surface area contributed by atoms with Gasteiger partial charge in [-0.15, -0.1) is 0 Å². The predicted molar refractivity (Wildman–Crippen MR) is 117 cm³/mol. The molecular formula is C24H31N3O2. The topological polar surface area (TPSA) is 61.4 Å². The van der Waals surface area contributed by atoms with Crippen LogP contribution in [0.3, 0.4) is 0 Å². The molecule has 0 radical (unpaired) electrons. The van der Waals surface area contributed by atoms with E-state index in [0.29, 0.717) is 24.4 Å². The molecule has 0 aromatic heterocycles. The zero-order valence-electron chi connectivity index (χ0n) is 17.6. The maximum atomic E-state index is 12.8. The Balaban J connectivity index is 1.56. The SMILES string of the molecule is Cc1cccc(C(=O)N[C@@H](CC(C)C)C(=O)NCCN2CCc3ccccc32)c1. The number of hydrogen-bond donors (Lipinski definition) is 2. The standard InChI is InChI=1S/C24H31N3O2/c1-17(2)15-21(26-23(28)20-9-6-7-18(3)16-20)24(29)25-12-14-27-13-11-19-8-4-5-10-22(19)27/h4-10,16-17,21H,11-15H2,1-3H3,(H,25,29)(H,26,28)/t21-/m0/s1. The molecule has 2 aromatic carbocycles. The molecule has 1 atom stereocenters. The van der Waals surface area contributed by atoms with E-state index in [4.69, 9.17) is 0 Å². The molecule has 5 nitrogen and oxygen atoms in total. The van der Waals surface area contributed by atoms with Crippen LogP contribution in [0.15, 0.2) is 48.5 Å². The third-order valence-electron chi connectivity index (χ3n) is 5.27. The van der Waals surface area contributed by atoms with Gasteiger partial charge in [-0.3, -0.25) is 9.59 Å². The fourth-order valence-corrected chi connectivity index (χ4v) is 3.81. The van der Waals surface area contributed by atoms with Gasteiger partial charge in [0.25, 0.3) is 5.91 Å². The first-order chi connectivity index (χ1) is 13.9. The van der Waals surface area contributed by atoms with Crippen molar-refractivity contribution >= 4 is 17.5 Å². The minimum absolute atomic E-state index is 0.118. The maximum Gasteiger partial charge on any atom is 0.251 e. The smallest absolute Gasteiger partial charge is 0.251 e. The lowest BCUT2D eigenvalue weighted by Gasteiger charge is -2.23. The van der Waals surface area contributed by atoms with Crippen LogP contribution >= 0.6 is 0 Å². The number of hydrogen-bond acceptors (Lipinski definition) is 3. The Labute approximate surface area is 173 Å². The van der Waals surface area contributed by atoms with Crippen LogP contribution in [-0.4, -0.2) is 37.5 Å². The second-order valence-corrected chi connectivity index (χ2v) is 8.18. The van der Waals surface area contributed by atoms with Crippen LogP contribution < -0.4 is 15.5 Å². The third kappa shape index (κ3) is 5.59. The van der Waals surface area contributed by atoms with Crippen molar-refractivity contribution in [1.29, 1.82) is 0 Å². The third-order valence-corrected chi connectivity index (χ3v) is 5.27. The lowest BCUT2D eigenvalue weighted by molar-refractivity contribution is -0.123. The average molecular weight is 394 g/mol. The van der Waals surface area contributed by atoms with Gasteiger partial charge < -0.3 is 15.5 Å². The molecule has 29 heavy (non-hydrogen) atoms. The molecule has 1 heterocycles. The van der Waals surface area contributed by atoms with Gasteiger partial charge in [0.15, 0.2) is 0 Å².